The molecule has 0 atom stereocenters. The van der Waals surface area contributed by atoms with Crippen molar-refractivity contribution in [1.82, 2.24) is 4.90 Å². The zero-order valence-electron chi connectivity index (χ0n) is 19.2. The van der Waals surface area contributed by atoms with Crippen LogP contribution in [0.4, 0.5) is 15.8 Å². The number of piperazine rings is 1. The lowest BCUT2D eigenvalue weighted by molar-refractivity contribution is -0.118. The van der Waals surface area contributed by atoms with Crippen molar-refractivity contribution >= 4 is 17.3 Å². The van der Waals surface area contributed by atoms with Crippen LogP contribution < -0.4 is 15.0 Å². The number of rotatable bonds is 7. The normalized spacial score (nSPS) is 14.2. The highest BCUT2D eigenvalue weighted by atomic mass is 19.1. The van der Waals surface area contributed by atoms with Gasteiger partial charge in [0, 0.05) is 49.7 Å². The second-order valence-electron chi connectivity index (χ2n) is 8.48. The Morgan fingerprint density at radius 2 is 1.67 bits per heavy atom. The Bertz CT molecular complexity index is 1090. The van der Waals surface area contributed by atoms with Gasteiger partial charge < -0.3 is 15.0 Å². The summed E-state index contributed by atoms with van der Waals surface area (Å²) in [6.45, 7) is 8.18. The number of hydrogen-bond acceptors (Lipinski definition) is 4. The zero-order chi connectivity index (χ0) is 23.2. The molecule has 1 amide bonds. The fourth-order valence-corrected chi connectivity index (χ4v) is 3.94. The number of aryl methyl sites for hydroxylation is 2. The molecular formula is C27H30FN3O2. The third-order valence-electron chi connectivity index (χ3n) is 6.09. The summed E-state index contributed by atoms with van der Waals surface area (Å²) in [5.74, 6) is 0.359. The molecule has 3 aromatic rings. The van der Waals surface area contributed by atoms with E-state index in [1.807, 2.05) is 68.4 Å². The van der Waals surface area contributed by atoms with Crippen molar-refractivity contribution in [3.05, 3.63) is 89.2 Å². The molecule has 0 saturated carbocycles. The smallest absolute Gasteiger partial charge is 0.262 e. The van der Waals surface area contributed by atoms with E-state index in [4.69, 9.17) is 4.74 Å². The van der Waals surface area contributed by atoms with Crippen LogP contribution in [-0.2, 0) is 11.3 Å². The maximum Gasteiger partial charge on any atom is 0.262 e. The molecule has 6 heteroatoms. The number of ether oxygens (including phenoxy) is 1. The Labute approximate surface area is 194 Å². The fourth-order valence-electron chi connectivity index (χ4n) is 3.94. The Morgan fingerprint density at radius 1 is 0.939 bits per heavy atom. The van der Waals surface area contributed by atoms with Gasteiger partial charge in [0.15, 0.2) is 6.61 Å². The van der Waals surface area contributed by atoms with E-state index in [1.165, 1.54) is 11.6 Å². The molecule has 1 saturated heterocycles. The van der Waals surface area contributed by atoms with Crippen molar-refractivity contribution in [2.24, 2.45) is 0 Å². The summed E-state index contributed by atoms with van der Waals surface area (Å²) in [6.07, 6.45) is 0. The van der Waals surface area contributed by atoms with Gasteiger partial charge in [-0.15, -0.1) is 0 Å². The average molecular weight is 448 g/mol. The standard InChI is InChI=1S/C27H30FN3O2/c1-20-7-12-25(17-21(20)2)33-19-27(32)29-23-8-10-24(11-9-23)31-15-13-30(14-16-31)18-22-5-3-4-6-26(22)28/h3-12,17H,13-16,18-19H2,1-2H3,(H,29,32). The van der Waals surface area contributed by atoms with Gasteiger partial charge in [-0.3, -0.25) is 9.69 Å². The summed E-state index contributed by atoms with van der Waals surface area (Å²) >= 11 is 0. The molecule has 1 aliphatic rings. The first-order valence-corrected chi connectivity index (χ1v) is 11.3. The van der Waals surface area contributed by atoms with Gasteiger partial charge >= 0.3 is 0 Å². The maximum absolute atomic E-state index is 13.9. The zero-order valence-corrected chi connectivity index (χ0v) is 19.2. The number of benzene rings is 3. The number of amides is 1. The first-order chi connectivity index (χ1) is 16.0. The fraction of sp³-hybridized carbons (Fsp3) is 0.296. The molecule has 0 bridgehead atoms. The molecule has 0 radical (unpaired) electrons. The van der Waals surface area contributed by atoms with E-state index in [0.717, 1.165) is 48.7 Å². The molecule has 1 N–H and O–H groups in total. The molecule has 1 aliphatic heterocycles. The van der Waals surface area contributed by atoms with Gasteiger partial charge in [0.2, 0.25) is 0 Å². The number of carbonyl (C=O) groups is 1. The first-order valence-electron chi connectivity index (χ1n) is 11.3. The van der Waals surface area contributed by atoms with Crippen molar-refractivity contribution < 1.29 is 13.9 Å². The predicted molar refractivity (Wildman–Crippen MR) is 130 cm³/mol. The number of nitrogens with zero attached hydrogens (tertiary/aromatic N) is 2. The monoisotopic (exact) mass is 447 g/mol. The molecule has 3 aromatic carbocycles. The van der Waals surface area contributed by atoms with Gasteiger partial charge in [-0.1, -0.05) is 24.3 Å². The molecule has 1 fully saturated rings. The van der Waals surface area contributed by atoms with Gasteiger partial charge in [-0.25, -0.2) is 4.39 Å². The van der Waals surface area contributed by atoms with Crippen LogP contribution in [0.2, 0.25) is 0 Å². The number of anilines is 2. The van der Waals surface area contributed by atoms with Crippen LogP contribution >= 0.6 is 0 Å². The minimum absolute atomic E-state index is 0.0335. The van der Waals surface area contributed by atoms with E-state index in [0.29, 0.717) is 12.3 Å². The molecule has 0 aromatic heterocycles. The topological polar surface area (TPSA) is 44.8 Å². The Balaban J connectivity index is 1.24. The number of hydrogen-bond donors (Lipinski definition) is 1. The molecule has 172 valence electrons. The number of nitrogens with one attached hydrogen (secondary N) is 1. The second-order valence-corrected chi connectivity index (χ2v) is 8.48. The van der Waals surface area contributed by atoms with Gasteiger partial charge in [0.05, 0.1) is 0 Å². The lowest BCUT2D eigenvalue weighted by Crippen LogP contribution is -2.46. The molecule has 1 heterocycles. The molecule has 0 aliphatic carbocycles. The Morgan fingerprint density at radius 3 is 2.36 bits per heavy atom. The van der Waals surface area contributed by atoms with Crippen molar-refractivity contribution in [2.45, 2.75) is 20.4 Å². The summed E-state index contributed by atoms with van der Waals surface area (Å²) in [5, 5.41) is 2.88. The van der Waals surface area contributed by atoms with Crippen molar-refractivity contribution in [3.63, 3.8) is 0 Å². The van der Waals surface area contributed by atoms with Crippen molar-refractivity contribution in [2.75, 3.05) is 43.0 Å². The van der Waals surface area contributed by atoms with Gasteiger partial charge in [0.1, 0.15) is 11.6 Å². The summed E-state index contributed by atoms with van der Waals surface area (Å²) in [7, 11) is 0. The molecule has 33 heavy (non-hydrogen) atoms. The van der Waals surface area contributed by atoms with Gasteiger partial charge in [-0.05, 0) is 67.4 Å². The molecule has 0 unspecified atom stereocenters. The molecule has 5 nitrogen and oxygen atoms in total. The second kappa shape index (κ2) is 10.5. The van der Waals surface area contributed by atoms with Crippen LogP contribution in [0, 0.1) is 19.7 Å². The Hall–Kier alpha value is -3.38. The van der Waals surface area contributed by atoms with E-state index in [2.05, 4.69) is 15.1 Å². The molecular weight excluding hydrogens is 417 g/mol. The maximum atomic E-state index is 13.9. The van der Waals surface area contributed by atoms with Gasteiger partial charge in [0.25, 0.3) is 5.91 Å². The summed E-state index contributed by atoms with van der Waals surface area (Å²) in [6, 6.07) is 20.6. The molecule has 4 rings (SSSR count). The average Bonchev–Trinajstić information content (AvgIpc) is 2.82. The van der Waals surface area contributed by atoms with Crippen LogP contribution in [0.1, 0.15) is 16.7 Å². The van der Waals surface area contributed by atoms with E-state index < -0.39 is 0 Å². The van der Waals surface area contributed by atoms with E-state index >= 15 is 0 Å². The summed E-state index contributed by atoms with van der Waals surface area (Å²) in [5.41, 5.74) is 4.93. The third-order valence-corrected chi connectivity index (χ3v) is 6.09. The van der Waals surface area contributed by atoms with Crippen LogP contribution in [0.3, 0.4) is 0 Å². The van der Waals surface area contributed by atoms with E-state index in [9.17, 15) is 9.18 Å². The summed E-state index contributed by atoms with van der Waals surface area (Å²) < 4.78 is 19.5. The summed E-state index contributed by atoms with van der Waals surface area (Å²) in [4.78, 5) is 16.8. The van der Waals surface area contributed by atoms with E-state index in [-0.39, 0.29) is 18.3 Å². The minimum Gasteiger partial charge on any atom is -0.484 e. The highest BCUT2D eigenvalue weighted by Crippen LogP contribution is 2.21. The molecule has 0 spiro atoms. The van der Waals surface area contributed by atoms with Crippen LogP contribution in [0.5, 0.6) is 5.75 Å². The van der Waals surface area contributed by atoms with Crippen molar-refractivity contribution in [3.8, 4) is 5.75 Å². The first kappa shape index (κ1) is 22.8. The highest BCUT2D eigenvalue weighted by molar-refractivity contribution is 5.92. The Kier molecular flexibility index (Phi) is 7.25. The lowest BCUT2D eigenvalue weighted by atomic mass is 10.1. The number of halogens is 1. The minimum atomic E-state index is -0.192. The highest BCUT2D eigenvalue weighted by Gasteiger charge is 2.18. The predicted octanol–water partition coefficient (Wildman–Crippen LogP) is 4.78. The third kappa shape index (κ3) is 6.11. The van der Waals surface area contributed by atoms with Crippen LogP contribution in [0.15, 0.2) is 66.7 Å². The number of carbonyl (C=O) groups excluding carboxylic acids is 1. The van der Waals surface area contributed by atoms with Crippen LogP contribution in [0.25, 0.3) is 0 Å². The quantitative estimate of drug-likeness (QED) is 0.566. The SMILES string of the molecule is Cc1ccc(OCC(=O)Nc2ccc(N3CCN(Cc4ccccc4F)CC3)cc2)cc1C. The van der Waals surface area contributed by atoms with Crippen LogP contribution in [-0.4, -0.2) is 43.6 Å². The van der Waals surface area contributed by atoms with Crippen molar-refractivity contribution in [1.29, 1.82) is 0 Å². The van der Waals surface area contributed by atoms with Gasteiger partial charge in [-0.2, -0.15) is 0 Å². The lowest BCUT2D eigenvalue weighted by Gasteiger charge is -2.36. The largest absolute Gasteiger partial charge is 0.484 e. The van der Waals surface area contributed by atoms with E-state index in [1.54, 1.807) is 6.07 Å².